The average Bonchev–Trinajstić information content (AvgIpc) is 2.65. The molecular weight excluding hydrogens is 200 g/mol. The molecule has 0 spiro atoms. The monoisotopic (exact) mass is 214 g/mol. The normalized spacial score (nSPS) is 10.4. The lowest BCUT2D eigenvalue weighted by molar-refractivity contribution is 0.112. The van der Waals surface area contributed by atoms with Crippen LogP contribution < -0.4 is 0 Å². The minimum atomic E-state index is 0.694. The van der Waals surface area contributed by atoms with Crippen molar-refractivity contribution in [3.63, 3.8) is 0 Å². The van der Waals surface area contributed by atoms with Gasteiger partial charge in [0.05, 0.1) is 0 Å². The number of aromatic nitrogens is 2. The van der Waals surface area contributed by atoms with Gasteiger partial charge in [-0.15, -0.1) is 0 Å². The van der Waals surface area contributed by atoms with Crippen molar-refractivity contribution in [1.29, 1.82) is 0 Å². The fourth-order valence-corrected chi connectivity index (χ4v) is 1.74. The van der Waals surface area contributed by atoms with Crippen LogP contribution >= 0.6 is 0 Å². The first kappa shape index (κ1) is 10.6. The van der Waals surface area contributed by atoms with Crippen molar-refractivity contribution < 1.29 is 4.79 Å². The maximum Gasteiger partial charge on any atom is 0.150 e. The van der Waals surface area contributed by atoms with Gasteiger partial charge in [0.2, 0.25) is 0 Å². The first-order chi connectivity index (χ1) is 7.70. The highest BCUT2D eigenvalue weighted by Gasteiger charge is 2.06. The lowest BCUT2D eigenvalue weighted by atomic mass is 10.0. The Morgan fingerprint density at radius 3 is 2.88 bits per heavy atom. The van der Waals surface area contributed by atoms with Crippen molar-refractivity contribution in [3.8, 4) is 0 Å². The topological polar surface area (TPSA) is 34.9 Å². The van der Waals surface area contributed by atoms with E-state index in [0.29, 0.717) is 6.42 Å². The molecular formula is C13H14N2O. The Morgan fingerprint density at radius 1 is 1.44 bits per heavy atom. The second-order valence-electron chi connectivity index (χ2n) is 3.95. The van der Waals surface area contributed by atoms with Gasteiger partial charge in [-0.25, -0.2) is 4.98 Å². The molecule has 0 radical (unpaired) electrons. The van der Waals surface area contributed by atoms with Crippen molar-refractivity contribution in [3.05, 3.63) is 53.1 Å². The highest BCUT2D eigenvalue weighted by Crippen LogP contribution is 2.13. The molecule has 0 fully saturated rings. The molecule has 0 aliphatic heterocycles. The van der Waals surface area contributed by atoms with Crippen LogP contribution in [0, 0.1) is 6.92 Å². The van der Waals surface area contributed by atoms with Gasteiger partial charge in [0.1, 0.15) is 12.1 Å². The van der Waals surface area contributed by atoms with E-state index >= 15 is 0 Å². The van der Waals surface area contributed by atoms with Gasteiger partial charge in [0.25, 0.3) is 0 Å². The number of rotatable bonds is 3. The lowest BCUT2D eigenvalue weighted by Crippen LogP contribution is -2.01. The molecule has 0 aliphatic rings. The number of imidazole rings is 1. The molecule has 0 aliphatic carbocycles. The average molecular weight is 214 g/mol. The summed E-state index contributed by atoms with van der Waals surface area (Å²) in [6.45, 7) is 2.02. The first-order valence-corrected chi connectivity index (χ1v) is 5.21. The Balaban J connectivity index is 2.37. The minimum Gasteiger partial charge on any atom is -0.338 e. The lowest BCUT2D eigenvalue weighted by Gasteiger charge is -2.06. The highest BCUT2D eigenvalue weighted by molar-refractivity contribution is 5.77. The van der Waals surface area contributed by atoms with Crippen LogP contribution in [0.3, 0.4) is 0 Å². The van der Waals surface area contributed by atoms with E-state index in [4.69, 9.17) is 0 Å². The van der Waals surface area contributed by atoms with Gasteiger partial charge in [-0.05, 0) is 12.5 Å². The molecule has 3 heteroatoms. The summed E-state index contributed by atoms with van der Waals surface area (Å²) in [5.41, 5.74) is 2.94. The smallest absolute Gasteiger partial charge is 0.150 e. The molecule has 0 atom stereocenters. The minimum absolute atomic E-state index is 0.694. The van der Waals surface area contributed by atoms with Crippen LogP contribution in [0.1, 0.15) is 27.3 Å². The zero-order valence-corrected chi connectivity index (χ0v) is 9.47. The standard InChI is InChI=1S/C13H14N2O/c1-10-3-4-11(9-16)12(7-10)8-13-14-5-6-15(13)2/h3-7,9H,8H2,1-2H3. The fourth-order valence-electron chi connectivity index (χ4n) is 1.74. The van der Waals surface area contributed by atoms with Gasteiger partial charge >= 0.3 is 0 Å². The first-order valence-electron chi connectivity index (χ1n) is 5.21. The third-order valence-corrected chi connectivity index (χ3v) is 2.69. The summed E-state index contributed by atoms with van der Waals surface area (Å²) in [5.74, 6) is 0.966. The van der Waals surface area contributed by atoms with Crippen molar-refractivity contribution in [1.82, 2.24) is 9.55 Å². The van der Waals surface area contributed by atoms with Crippen molar-refractivity contribution >= 4 is 6.29 Å². The third-order valence-electron chi connectivity index (χ3n) is 2.69. The van der Waals surface area contributed by atoms with Gasteiger partial charge in [-0.1, -0.05) is 23.8 Å². The third kappa shape index (κ3) is 2.03. The summed E-state index contributed by atoms with van der Waals surface area (Å²) in [7, 11) is 1.96. The van der Waals surface area contributed by atoms with Gasteiger partial charge < -0.3 is 4.57 Å². The van der Waals surface area contributed by atoms with Crippen molar-refractivity contribution in [2.24, 2.45) is 7.05 Å². The van der Waals surface area contributed by atoms with Crippen LogP contribution in [0.25, 0.3) is 0 Å². The number of aryl methyl sites for hydroxylation is 2. The predicted octanol–water partition coefficient (Wildman–Crippen LogP) is 2.13. The van der Waals surface area contributed by atoms with Gasteiger partial charge in [-0.3, -0.25) is 4.79 Å². The van der Waals surface area contributed by atoms with Gasteiger partial charge in [0.15, 0.2) is 0 Å². The SMILES string of the molecule is Cc1ccc(C=O)c(Cc2nccn2C)c1. The van der Waals surface area contributed by atoms with Crippen LogP contribution in [-0.2, 0) is 13.5 Å². The molecule has 3 nitrogen and oxygen atoms in total. The largest absolute Gasteiger partial charge is 0.338 e. The number of carbonyl (C=O) groups is 1. The zero-order valence-electron chi connectivity index (χ0n) is 9.47. The van der Waals surface area contributed by atoms with E-state index in [0.717, 1.165) is 28.8 Å². The fraction of sp³-hybridized carbons (Fsp3) is 0.231. The van der Waals surface area contributed by atoms with Crippen LogP contribution in [0.4, 0.5) is 0 Å². The second kappa shape index (κ2) is 4.31. The Bertz CT molecular complexity index is 514. The number of carbonyl (C=O) groups excluding carboxylic acids is 1. The summed E-state index contributed by atoms with van der Waals surface area (Å²) in [5, 5.41) is 0. The number of benzene rings is 1. The Morgan fingerprint density at radius 2 is 2.25 bits per heavy atom. The quantitative estimate of drug-likeness (QED) is 0.734. The van der Waals surface area contributed by atoms with E-state index in [2.05, 4.69) is 4.98 Å². The number of hydrogen-bond donors (Lipinski definition) is 0. The van der Waals surface area contributed by atoms with Crippen LogP contribution in [0.5, 0.6) is 0 Å². The Kier molecular flexibility index (Phi) is 2.86. The van der Waals surface area contributed by atoms with Gasteiger partial charge in [0, 0.05) is 31.4 Å². The molecule has 1 aromatic heterocycles. The molecule has 0 amide bonds. The molecule has 2 rings (SSSR count). The second-order valence-corrected chi connectivity index (χ2v) is 3.95. The predicted molar refractivity (Wildman–Crippen MR) is 62.6 cm³/mol. The molecule has 1 heterocycles. The molecule has 1 aromatic carbocycles. The number of hydrogen-bond acceptors (Lipinski definition) is 2. The van der Waals surface area contributed by atoms with E-state index in [-0.39, 0.29) is 0 Å². The zero-order chi connectivity index (χ0) is 11.5. The van der Waals surface area contributed by atoms with Crippen molar-refractivity contribution in [2.75, 3.05) is 0 Å². The van der Waals surface area contributed by atoms with Crippen LogP contribution in [0.2, 0.25) is 0 Å². The summed E-state index contributed by atoms with van der Waals surface area (Å²) < 4.78 is 1.97. The molecule has 0 bridgehead atoms. The van der Waals surface area contributed by atoms with E-state index in [1.165, 1.54) is 0 Å². The molecule has 0 N–H and O–H groups in total. The molecule has 0 saturated heterocycles. The van der Waals surface area contributed by atoms with E-state index in [9.17, 15) is 4.79 Å². The molecule has 2 aromatic rings. The van der Waals surface area contributed by atoms with Crippen LogP contribution in [0.15, 0.2) is 30.6 Å². The molecule has 0 unspecified atom stereocenters. The summed E-state index contributed by atoms with van der Waals surface area (Å²) in [4.78, 5) is 15.2. The van der Waals surface area contributed by atoms with E-state index < -0.39 is 0 Å². The van der Waals surface area contributed by atoms with E-state index in [1.807, 2.05) is 42.9 Å². The maximum absolute atomic E-state index is 10.9. The molecule has 16 heavy (non-hydrogen) atoms. The van der Waals surface area contributed by atoms with E-state index in [1.54, 1.807) is 6.20 Å². The van der Waals surface area contributed by atoms with Gasteiger partial charge in [-0.2, -0.15) is 0 Å². The highest BCUT2D eigenvalue weighted by atomic mass is 16.1. The number of nitrogens with zero attached hydrogens (tertiary/aromatic N) is 2. The maximum atomic E-state index is 10.9. The molecule has 82 valence electrons. The summed E-state index contributed by atoms with van der Waals surface area (Å²) >= 11 is 0. The number of aldehydes is 1. The summed E-state index contributed by atoms with van der Waals surface area (Å²) in [6, 6.07) is 5.85. The van der Waals surface area contributed by atoms with Crippen LogP contribution in [-0.4, -0.2) is 15.8 Å². The van der Waals surface area contributed by atoms with Crippen molar-refractivity contribution in [2.45, 2.75) is 13.3 Å². The molecule has 0 saturated carbocycles. The Hall–Kier alpha value is -1.90. The summed E-state index contributed by atoms with van der Waals surface area (Å²) in [6.07, 6.45) is 5.27. The Labute approximate surface area is 94.7 Å².